The Hall–Kier alpha value is -2.68. The van der Waals surface area contributed by atoms with Gasteiger partial charge in [-0.25, -0.2) is 4.98 Å². The molecule has 3 heterocycles. The van der Waals surface area contributed by atoms with Crippen LogP contribution < -0.4 is 15.2 Å². The molecular weight excluding hydrogens is 416 g/mol. The lowest BCUT2D eigenvalue weighted by Crippen LogP contribution is -2.41. The Bertz CT molecular complexity index is 910. The third kappa shape index (κ3) is 6.90. The minimum absolute atomic E-state index is 0.750. The molecule has 33 heavy (non-hydrogen) atoms. The zero-order valence-electron chi connectivity index (χ0n) is 19.9. The highest BCUT2D eigenvalue weighted by Crippen LogP contribution is 2.26. The predicted molar refractivity (Wildman–Crippen MR) is 135 cm³/mol. The third-order valence-corrected chi connectivity index (χ3v) is 6.10. The predicted octanol–water partition coefficient (Wildman–Crippen LogP) is 2.83. The Labute approximate surface area is 197 Å². The fourth-order valence-electron chi connectivity index (χ4n) is 4.17. The van der Waals surface area contributed by atoms with Gasteiger partial charge in [0.2, 0.25) is 0 Å². The first-order valence-electron chi connectivity index (χ1n) is 12.0. The summed E-state index contributed by atoms with van der Waals surface area (Å²) in [7, 11) is 0. The van der Waals surface area contributed by atoms with Gasteiger partial charge in [0, 0.05) is 63.6 Å². The van der Waals surface area contributed by atoms with Crippen LogP contribution in [0.25, 0.3) is 0 Å². The molecule has 8 nitrogen and oxygen atoms in total. The van der Waals surface area contributed by atoms with Gasteiger partial charge >= 0.3 is 0 Å². The second-order valence-corrected chi connectivity index (χ2v) is 8.49. The number of anilines is 3. The van der Waals surface area contributed by atoms with E-state index in [9.17, 15) is 0 Å². The average Bonchev–Trinajstić information content (AvgIpc) is 2.86. The standard InChI is InChI=1S/C25H36N6O2/c1-3-30(8-7-29-9-13-32-14-10-29)25-19-23(31-11-15-33-16-12-31)18-24(27-25)28-26-20-22-6-4-5-21(2)17-22/h4-6,17-20H,3,7-16H2,1-2H3,(H,27,28). The number of aromatic nitrogens is 1. The number of hydrogen-bond donors (Lipinski definition) is 1. The number of hydrazone groups is 1. The molecule has 2 fully saturated rings. The molecule has 0 spiro atoms. The Balaban J connectivity index is 1.51. The van der Waals surface area contributed by atoms with Crippen LogP contribution in [0, 0.1) is 6.92 Å². The lowest BCUT2D eigenvalue weighted by molar-refractivity contribution is 0.0392. The topological polar surface area (TPSA) is 65.5 Å². The van der Waals surface area contributed by atoms with Crippen LogP contribution in [0.15, 0.2) is 41.5 Å². The van der Waals surface area contributed by atoms with E-state index in [1.54, 1.807) is 0 Å². The molecule has 2 saturated heterocycles. The van der Waals surface area contributed by atoms with Gasteiger partial charge in [-0.3, -0.25) is 10.3 Å². The van der Waals surface area contributed by atoms with Gasteiger partial charge in [0.05, 0.1) is 32.6 Å². The van der Waals surface area contributed by atoms with Crippen molar-refractivity contribution < 1.29 is 9.47 Å². The summed E-state index contributed by atoms with van der Waals surface area (Å²) in [5.41, 5.74) is 6.60. The van der Waals surface area contributed by atoms with Crippen LogP contribution in [0.3, 0.4) is 0 Å². The van der Waals surface area contributed by atoms with Crippen LogP contribution in [0.4, 0.5) is 17.3 Å². The maximum Gasteiger partial charge on any atom is 0.150 e. The highest BCUT2D eigenvalue weighted by atomic mass is 16.5. The molecule has 0 aliphatic carbocycles. The first-order chi connectivity index (χ1) is 16.2. The van der Waals surface area contributed by atoms with E-state index in [0.29, 0.717) is 0 Å². The summed E-state index contributed by atoms with van der Waals surface area (Å²) < 4.78 is 11.0. The van der Waals surface area contributed by atoms with Gasteiger partial charge in [0.1, 0.15) is 5.82 Å². The molecule has 1 aromatic heterocycles. The summed E-state index contributed by atoms with van der Waals surface area (Å²) in [6.07, 6.45) is 1.84. The Kier molecular flexibility index (Phi) is 8.52. The van der Waals surface area contributed by atoms with Gasteiger partial charge in [0.15, 0.2) is 5.82 Å². The van der Waals surface area contributed by atoms with Crippen LogP contribution >= 0.6 is 0 Å². The van der Waals surface area contributed by atoms with Gasteiger partial charge in [-0.05, 0) is 19.4 Å². The monoisotopic (exact) mass is 452 g/mol. The number of ether oxygens (including phenoxy) is 2. The summed E-state index contributed by atoms with van der Waals surface area (Å²) in [5, 5.41) is 4.46. The van der Waals surface area contributed by atoms with E-state index in [4.69, 9.17) is 14.5 Å². The molecule has 0 radical (unpaired) electrons. The first kappa shape index (κ1) is 23.5. The zero-order valence-corrected chi connectivity index (χ0v) is 19.9. The normalized spacial score (nSPS) is 17.5. The van der Waals surface area contributed by atoms with Crippen molar-refractivity contribution in [2.75, 3.05) is 87.5 Å². The van der Waals surface area contributed by atoms with Gasteiger partial charge in [-0.1, -0.05) is 29.8 Å². The minimum atomic E-state index is 0.750. The number of morpholine rings is 2. The number of nitrogens with one attached hydrogen (secondary N) is 1. The summed E-state index contributed by atoms with van der Waals surface area (Å²) in [6, 6.07) is 12.6. The molecule has 1 aromatic carbocycles. The maximum atomic E-state index is 5.56. The molecule has 0 unspecified atom stereocenters. The molecule has 0 amide bonds. The lowest BCUT2D eigenvalue weighted by atomic mass is 10.2. The molecule has 1 N–H and O–H groups in total. The van der Waals surface area contributed by atoms with Gasteiger partial charge in [0.25, 0.3) is 0 Å². The number of benzene rings is 1. The molecule has 0 atom stereocenters. The fraction of sp³-hybridized carbons (Fsp3) is 0.520. The zero-order chi connectivity index (χ0) is 22.9. The van der Waals surface area contributed by atoms with E-state index in [1.165, 1.54) is 5.56 Å². The minimum Gasteiger partial charge on any atom is -0.379 e. The Morgan fingerprint density at radius 1 is 1.06 bits per heavy atom. The van der Waals surface area contributed by atoms with Crippen molar-refractivity contribution in [3.8, 4) is 0 Å². The van der Waals surface area contributed by atoms with Crippen molar-refractivity contribution in [3.05, 3.63) is 47.5 Å². The molecule has 2 aromatic rings. The number of hydrogen-bond acceptors (Lipinski definition) is 8. The smallest absolute Gasteiger partial charge is 0.150 e. The quantitative estimate of drug-likeness (QED) is 0.464. The SMILES string of the molecule is CCN(CCN1CCOCC1)c1cc(N2CCOCC2)cc(NN=Cc2cccc(C)c2)n1. The summed E-state index contributed by atoms with van der Waals surface area (Å²) in [6.45, 7) is 14.0. The molecule has 2 aliphatic rings. The van der Waals surface area contributed by atoms with Crippen LogP contribution in [-0.2, 0) is 9.47 Å². The molecule has 0 saturated carbocycles. The third-order valence-electron chi connectivity index (χ3n) is 6.10. The first-order valence-corrected chi connectivity index (χ1v) is 12.0. The highest BCUT2D eigenvalue weighted by molar-refractivity contribution is 5.80. The van der Waals surface area contributed by atoms with Crippen LogP contribution in [0.1, 0.15) is 18.1 Å². The molecule has 0 bridgehead atoms. The summed E-state index contributed by atoms with van der Waals surface area (Å²) in [5.74, 6) is 1.73. The number of likely N-dealkylation sites (N-methyl/N-ethyl adjacent to an activating group) is 1. The van der Waals surface area contributed by atoms with Crippen molar-refractivity contribution >= 4 is 23.5 Å². The Morgan fingerprint density at radius 3 is 2.55 bits per heavy atom. The summed E-state index contributed by atoms with van der Waals surface area (Å²) >= 11 is 0. The van der Waals surface area contributed by atoms with Crippen LogP contribution in [0.5, 0.6) is 0 Å². The van der Waals surface area contributed by atoms with Crippen molar-refractivity contribution in [1.29, 1.82) is 0 Å². The van der Waals surface area contributed by atoms with E-state index < -0.39 is 0 Å². The maximum absolute atomic E-state index is 5.56. The fourth-order valence-corrected chi connectivity index (χ4v) is 4.17. The summed E-state index contributed by atoms with van der Waals surface area (Å²) in [4.78, 5) is 12.1. The van der Waals surface area contributed by atoms with Crippen LogP contribution in [0.2, 0.25) is 0 Å². The molecule has 8 heteroatoms. The molecule has 4 rings (SSSR count). The van der Waals surface area contributed by atoms with E-state index in [1.807, 2.05) is 18.3 Å². The second-order valence-electron chi connectivity index (χ2n) is 8.49. The average molecular weight is 453 g/mol. The van der Waals surface area contributed by atoms with Crippen molar-refractivity contribution in [2.24, 2.45) is 5.10 Å². The second kappa shape index (κ2) is 12.0. The number of nitrogens with zero attached hydrogens (tertiary/aromatic N) is 5. The number of rotatable bonds is 9. The van der Waals surface area contributed by atoms with E-state index in [-0.39, 0.29) is 0 Å². The van der Waals surface area contributed by atoms with Gasteiger partial charge in [-0.15, -0.1) is 0 Å². The van der Waals surface area contributed by atoms with Gasteiger partial charge in [-0.2, -0.15) is 5.10 Å². The van der Waals surface area contributed by atoms with Crippen LogP contribution in [-0.4, -0.2) is 88.3 Å². The van der Waals surface area contributed by atoms with Crippen molar-refractivity contribution in [1.82, 2.24) is 9.88 Å². The van der Waals surface area contributed by atoms with Gasteiger partial charge < -0.3 is 19.3 Å². The van der Waals surface area contributed by atoms with E-state index in [0.717, 1.165) is 95.1 Å². The van der Waals surface area contributed by atoms with E-state index >= 15 is 0 Å². The molecule has 2 aliphatic heterocycles. The highest BCUT2D eigenvalue weighted by Gasteiger charge is 2.17. The molecular formula is C25H36N6O2. The van der Waals surface area contributed by atoms with Crippen molar-refractivity contribution in [3.63, 3.8) is 0 Å². The molecule has 178 valence electrons. The lowest BCUT2D eigenvalue weighted by Gasteiger charge is -2.32. The Morgan fingerprint density at radius 2 is 1.82 bits per heavy atom. The van der Waals surface area contributed by atoms with E-state index in [2.05, 4.69) is 63.3 Å². The largest absolute Gasteiger partial charge is 0.379 e. The van der Waals surface area contributed by atoms with Crippen molar-refractivity contribution in [2.45, 2.75) is 13.8 Å². The number of pyridine rings is 1. The number of aryl methyl sites for hydroxylation is 1.